The quantitative estimate of drug-likeness (QED) is 0.163. The van der Waals surface area contributed by atoms with Gasteiger partial charge in [-0.05, 0) is 74.5 Å². The van der Waals surface area contributed by atoms with Crippen LogP contribution in [-0.2, 0) is 10.8 Å². The first-order chi connectivity index (χ1) is 30.2. The molecule has 0 fully saturated rings. The van der Waals surface area contributed by atoms with Crippen molar-refractivity contribution in [3.63, 3.8) is 0 Å². The van der Waals surface area contributed by atoms with Crippen LogP contribution in [0.15, 0.2) is 167 Å². The lowest BCUT2D eigenvalue weighted by atomic mass is 9.44. The van der Waals surface area contributed by atoms with Crippen molar-refractivity contribution in [2.24, 2.45) is 0 Å². The molecule has 14 rings (SSSR count). The third-order valence-corrected chi connectivity index (χ3v) is 14.5. The highest BCUT2D eigenvalue weighted by Crippen LogP contribution is 2.58. The zero-order valence-corrected chi connectivity index (χ0v) is 35.3. The molecule has 1 aliphatic carbocycles. The lowest BCUT2D eigenvalue weighted by Crippen LogP contribution is -2.57. The molecule has 11 aromatic rings. The smallest absolute Gasteiger partial charge is 0.336 e. The molecule has 8 aromatic carbocycles. The molecule has 0 radical (unpaired) electrons. The van der Waals surface area contributed by atoms with Gasteiger partial charge in [0.05, 0.1) is 16.8 Å². The van der Waals surface area contributed by atoms with Crippen LogP contribution in [0.1, 0.15) is 51.3 Å². The SMILES string of the molecule is CC(C)(C)c1ccc(N2c3cc4c(oc5ccccc54)c4c3B(c3ccc5c(c32)-c2ccccc2C5(C)C)n2c3oc5ccccc5c3c3cccc-4c32)c(-c2ccccc2)c1. The molecule has 0 saturated carbocycles. The Morgan fingerprint density at radius 3 is 2.08 bits per heavy atom. The minimum atomic E-state index is -0.213. The van der Waals surface area contributed by atoms with Gasteiger partial charge in [0.15, 0.2) is 5.71 Å². The van der Waals surface area contributed by atoms with Gasteiger partial charge < -0.3 is 18.2 Å². The Morgan fingerprint density at radius 1 is 0.548 bits per heavy atom. The lowest BCUT2D eigenvalue weighted by molar-refractivity contribution is 0.590. The van der Waals surface area contributed by atoms with E-state index >= 15 is 0 Å². The van der Waals surface area contributed by atoms with Crippen LogP contribution < -0.4 is 15.8 Å². The minimum absolute atomic E-state index is 0.0492. The second kappa shape index (κ2) is 11.6. The predicted molar refractivity (Wildman–Crippen MR) is 259 cm³/mol. The van der Waals surface area contributed by atoms with E-state index in [2.05, 4.69) is 202 Å². The standard InChI is InChI=1S/C57H41BN2O2/c1-56(2,3)33-26-29-44(39(30-33)32-16-7-6-8-17-32)59-45-31-40-34-18-10-13-24-46(34)61-54(40)50-38-22-15-21-37-48-36-20-11-14-25-47(36)62-55(48)60(52(37)38)58(51(45)50)43-28-27-42-49(53(43)59)35-19-9-12-23-41(35)57(42,4)5/h6-31H,1-5H3. The molecule has 2 aliphatic heterocycles. The molecule has 0 unspecified atom stereocenters. The number of benzene rings is 8. The van der Waals surface area contributed by atoms with Gasteiger partial charge in [-0.25, -0.2) is 0 Å². The second-order valence-corrected chi connectivity index (χ2v) is 19.2. The van der Waals surface area contributed by atoms with Crippen molar-refractivity contribution in [1.82, 2.24) is 4.48 Å². The molecule has 0 N–H and O–H groups in total. The van der Waals surface area contributed by atoms with E-state index < -0.39 is 0 Å². The van der Waals surface area contributed by atoms with E-state index in [1.165, 1.54) is 66.5 Å². The number of anilines is 3. The number of fused-ring (bicyclic) bond motifs is 17. The number of hydrogen-bond donors (Lipinski definition) is 0. The molecular weight excluding hydrogens is 755 g/mol. The molecular formula is C57H41BN2O2. The number of rotatable bonds is 2. The van der Waals surface area contributed by atoms with Crippen molar-refractivity contribution in [1.29, 1.82) is 0 Å². The van der Waals surface area contributed by atoms with E-state index in [4.69, 9.17) is 8.83 Å². The van der Waals surface area contributed by atoms with E-state index in [9.17, 15) is 0 Å². The van der Waals surface area contributed by atoms with Gasteiger partial charge in [-0.2, -0.15) is 0 Å². The Bertz CT molecular complexity index is 3780. The fourth-order valence-corrected chi connectivity index (χ4v) is 11.7. The van der Waals surface area contributed by atoms with Gasteiger partial charge in [-0.3, -0.25) is 0 Å². The molecule has 0 atom stereocenters. The first-order valence-electron chi connectivity index (χ1n) is 21.9. The molecule has 0 amide bonds. The summed E-state index contributed by atoms with van der Waals surface area (Å²) in [6.07, 6.45) is 0. The fourth-order valence-electron chi connectivity index (χ4n) is 11.7. The first-order valence-corrected chi connectivity index (χ1v) is 21.9. The molecule has 4 nitrogen and oxygen atoms in total. The van der Waals surface area contributed by atoms with Crippen molar-refractivity contribution in [2.45, 2.75) is 45.4 Å². The molecule has 0 bridgehead atoms. The highest BCUT2D eigenvalue weighted by Gasteiger charge is 2.49. The lowest BCUT2D eigenvalue weighted by Gasteiger charge is -2.42. The Labute approximate surface area is 359 Å². The summed E-state index contributed by atoms with van der Waals surface area (Å²) in [5, 5.41) is 5.73. The van der Waals surface area contributed by atoms with E-state index in [-0.39, 0.29) is 17.7 Å². The number of aromatic nitrogens is 1. The van der Waals surface area contributed by atoms with Crippen LogP contribution in [0.5, 0.6) is 0 Å². The Kier molecular flexibility index (Phi) is 6.43. The van der Waals surface area contributed by atoms with Crippen molar-refractivity contribution >= 4 is 89.7 Å². The molecule has 3 aliphatic rings. The third kappa shape index (κ3) is 4.19. The summed E-state index contributed by atoms with van der Waals surface area (Å²) in [5.41, 5.74) is 21.9. The first kappa shape index (κ1) is 34.5. The third-order valence-electron chi connectivity index (χ3n) is 14.5. The summed E-state index contributed by atoms with van der Waals surface area (Å²) in [6.45, 7) is 11.5. The van der Waals surface area contributed by atoms with Gasteiger partial charge in [0, 0.05) is 60.4 Å². The number of para-hydroxylation sites is 3. The van der Waals surface area contributed by atoms with Gasteiger partial charge in [0.2, 0.25) is 0 Å². The highest BCUT2D eigenvalue weighted by atomic mass is 16.3. The van der Waals surface area contributed by atoms with E-state index in [0.29, 0.717) is 0 Å². The number of furan rings is 2. The molecule has 3 aromatic heterocycles. The minimum Gasteiger partial charge on any atom is -0.455 e. The Hall–Kier alpha value is -7.24. The van der Waals surface area contributed by atoms with E-state index in [1.54, 1.807) is 0 Å². The van der Waals surface area contributed by atoms with Gasteiger partial charge in [-0.15, -0.1) is 0 Å². The highest BCUT2D eigenvalue weighted by molar-refractivity contribution is 6.90. The molecule has 0 spiro atoms. The van der Waals surface area contributed by atoms with Crippen molar-refractivity contribution in [3.8, 4) is 33.4 Å². The van der Waals surface area contributed by atoms with Gasteiger partial charge in [0.25, 0.3) is 0 Å². The van der Waals surface area contributed by atoms with Crippen LogP contribution in [0.25, 0.3) is 88.3 Å². The van der Waals surface area contributed by atoms with Crippen molar-refractivity contribution < 1.29 is 8.83 Å². The Balaban J connectivity index is 1.22. The largest absolute Gasteiger partial charge is 0.455 e. The van der Waals surface area contributed by atoms with Crippen LogP contribution in [0.2, 0.25) is 0 Å². The van der Waals surface area contributed by atoms with Gasteiger partial charge >= 0.3 is 6.85 Å². The summed E-state index contributed by atoms with van der Waals surface area (Å²) in [4.78, 5) is 2.64. The van der Waals surface area contributed by atoms with Crippen molar-refractivity contribution in [2.75, 3.05) is 4.90 Å². The predicted octanol–water partition coefficient (Wildman–Crippen LogP) is 14.1. The van der Waals surface area contributed by atoms with Crippen LogP contribution >= 0.6 is 0 Å². The van der Waals surface area contributed by atoms with Crippen LogP contribution in [0.4, 0.5) is 17.1 Å². The topological polar surface area (TPSA) is 34.5 Å². The maximum Gasteiger partial charge on any atom is 0.336 e. The zero-order valence-electron chi connectivity index (χ0n) is 35.3. The number of nitrogens with zero attached hydrogens (tertiary/aromatic N) is 2. The van der Waals surface area contributed by atoms with E-state index in [1.807, 2.05) is 0 Å². The maximum absolute atomic E-state index is 7.07. The molecule has 62 heavy (non-hydrogen) atoms. The fraction of sp³-hybridized carbons (Fsp3) is 0.123. The van der Waals surface area contributed by atoms with E-state index in [0.717, 1.165) is 66.5 Å². The molecule has 5 heteroatoms. The van der Waals surface area contributed by atoms with Gasteiger partial charge in [0.1, 0.15) is 16.7 Å². The maximum atomic E-state index is 7.07. The van der Waals surface area contributed by atoms with Crippen molar-refractivity contribution in [3.05, 3.63) is 174 Å². The summed E-state index contributed by atoms with van der Waals surface area (Å²) >= 11 is 0. The summed E-state index contributed by atoms with van der Waals surface area (Å²) in [5.74, 6) is 0. The summed E-state index contributed by atoms with van der Waals surface area (Å²) in [6, 6.07) is 58.4. The van der Waals surface area contributed by atoms with Crippen LogP contribution in [0, 0.1) is 0 Å². The normalized spacial score (nSPS) is 14.6. The second-order valence-electron chi connectivity index (χ2n) is 19.2. The van der Waals surface area contributed by atoms with Crippen LogP contribution in [0.3, 0.4) is 0 Å². The monoisotopic (exact) mass is 796 g/mol. The number of hydrogen-bond acceptors (Lipinski definition) is 3. The summed E-state index contributed by atoms with van der Waals surface area (Å²) in [7, 11) is 0. The molecule has 0 saturated heterocycles. The van der Waals surface area contributed by atoms with Gasteiger partial charge in [-0.1, -0.05) is 162 Å². The molecule has 5 heterocycles. The molecule has 294 valence electrons. The Morgan fingerprint density at radius 2 is 1.26 bits per heavy atom. The summed E-state index contributed by atoms with van der Waals surface area (Å²) < 4.78 is 16.7. The average Bonchev–Trinajstić information content (AvgIpc) is 4.01. The zero-order chi connectivity index (χ0) is 41.4. The van der Waals surface area contributed by atoms with Crippen LogP contribution in [-0.4, -0.2) is 11.3 Å². The average molecular weight is 797 g/mol.